The van der Waals surface area contributed by atoms with E-state index in [1.54, 1.807) is 17.7 Å². The number of hydrogen-bond acceptors (Lipinski definition) is 6. The molecule has 0 amide bonds. The fourth-order valence-electron chi connectivity index (χ4n) is 3.21. The average molecular weight is 407 g/mol. The minimum atomic E-state index is 0.692. The molecule has 1 aromatic carbocycles. The number of halogens is 1. The molecule has 0 fully saturated rings. The first-order chi connectivity index (χ1) is 13.8. The van der Waals surface area contributed by atoms with Crippen LogP contribution >= 0.6 is 22.9 Å². The lowest BCUT2D eigenvalue weighted by atomic mass is 10.1. The molecular formula is C20H15ClN6S. The highest BCUT2D eigenvalue weighted by Crippen LogP contribution is 2.36. The lowest BCUT2D eigenvalue weighted by molar-refractivity contribution is 0.868. The number of thiophene rings is 1. The van der Waals surface area contributed by atoms with Crippen molar-refractivity contribution in [3.05, 3.63) is 71.2 Å². The number of nitrogens with one attached hydrogen (secondary N) is 1. The Labute approximate surface area is 169 Å². The number of pyridine rings is 1. The Balaban J connectivity index is 1.43. The van der Waals surface area contributed by atoms with Gasteiger partial charge in [0, 0.05) is 35.1 Å². The van der Waals surface area contributed by atoms with Crippen LogP contribution in [0, 0.1) is 0 Å². The Hall–Kier alpha value is -3.03. The molecule has 1 N–H and O–H groups in total. The molecule has 4 heterocycles. The summed E-state index contributed by atoms with van der Waals surface area (Å²) in [5.41, 5.74) is 3.05. The third-order valence-corrected chi connectivity index (χ3v) is 5.69. The third kappa shape index (κ3) is 3.08. The van der Waals surface area contributed by atoms with E-state index in [1.807, 2.05) is 53.1 Å². The van der Waals surface area contributed by atoms with Gasteiger partial charge in [0.15, 0.2) is 5.65 Å². The maximum atomic E-state index is 6.03. The number of aromatic nitrogens is 5. The standard InChI is InChI=1S/C20H15ClN6S/c21-14-6-4-13(5-7-14)15-11-28-20-18(15)19(23-12-24-20)22-9-8-17-26-25-16-3-1-2-10-27(16)17/h1-7,10-12H,8-9H2,(H,22,23,24). The Morgan fingerprint density at radius 1 is 1.04 bits per heavy atom. The minimum Gasteiger partial charge on any atom is -0.369 e. The molecule has 0 radical (unpaired) electrons. The molecule has 0 saturated carbocycles. The highest BCUT2D eigenvalue weighted by atomic mass is 35.5. The normalized spacial score (nSPS) is 11.3. The van der Waals surface area contributed by atoms with Crippen LogP contribution in [0.5, 0.6) is 0 Å². The second-order valence-corrected chi connectivity index (χ2v) is 7.58. The first-order valence-corrected chi connectivity index (χ1v) is 10.1. The van der Waals surface area contributed by atoms with Gasteiger partial charge in [0.1, 0.15) is 22.8 Å². The molecule has 0 bridgehead atoms. The molecule has 6 nitrogen and oxygen atoms in total. The van der Waals surface area contributed by atoms with Crippen LogP contribution in [0.1, 0.15) is 5.82 Å². The van der Waals surface area contributed by atoms with Crippen LogP contribution in [0.4, 0.5) is 5.82 Å². The smallest absolute Gasteiger partial charge is 0.160 e. The van der Waals surface area contributed by atoms with Gasteiger partial charge in [0.2, 0.25) is 0 Å². The third-order valence-electron chi connectivity index (χ3n) is 4.55. The average Bonchev–Trinajstić information content (AvgIpc) is 3.34. The van der Waals surface area contributed by atoms with Crippen molar-refractivity contribution in [2.24, 2.45) is 0 Å². The first-order valence-electron chi connectivity index (χ1n) is 8.80. The lowest BCUT2D eigenvalue weighted by Gasteiger charge is -2.08. The SMILES string of the molecule is Clc1ccc(-c2csc3ncnc(NCCc4nnc5ccccn45)c23)cc1. The molecule has 8 heteroatoms. The van der Waals surface area contributed by atoms with Crippen LogP contribution in [-0.4, -0.2) is 31.1 Å². The predicted molar refractivity (Wildman–Crippen MR) is 113 cm³/mol. The van der Waals surface area contributed by atoms with Crippen molar-refractivity contribution >= 4 is 44.6 Å². The molecule has 0 saturated heterocycles. The quantitative estimate of drug-likeness (QED) is 0.457. The van der Waals surface area contributed by atoms with E-state index >= 15 is 0 Å². The zero-order valence-electron chi connectivity index (χ0n) is 14.7. The highest BCUT2D eigenvalue weighted by molar-refractivity contribution is 7.17. The molecule has 5 rings (SSSR count). The van der Waals surface area contributed by atoms with E-state index in [2.05, 4.69) is 30.9 Å². The van der Waals surface area contributed by atoms with Crippen molar-refractivity contribution in [2.75, 3.05) is 11.9 Å². The van der Waals surface area contributed by atoms with Gasteiger partial charge >= 0.3 is 0 Å². The highest BCUT2D eigenvalue weighted by Gasteiger charge is 2.13. The summed E-state index contributed by atoms with van der Waals surface area (Å²) in [4.78, 5) is 9.85. The van der Waals surface area contributed by atoms with Crippen LogP contribution < -0.4 is 5.32 Å². The number of benzene rings is 1. The summed E-state index contributed by atoms with van der Waals surface area (Å²) >= 11 is 7.64. The second-order valence-electron chi connectivity index (χ2n) is 6.28. The Morgan fingerprint density at radius 3 is 2.82 bits per heavy atom. The number of nitrogens with zero attached hydrogens (tertiary/aromatic N) is 5. The maximum Gasteiger partial charge on any atom is 0.160 e. The fraction of sp³-hybridized carbons (Fsp3) is 0.100. The van der Waals surface area contributed by atoms with Gasteiger partial charge < -0.3 is 5.32 Å². The number of rotatable bonds is 5. The van der Waals surface area contributed by atoms with E-state index in [0.29, 0.717) is 6.54 Å². The van der Waals surface area contributed by atoms with Gasteiger partial charge in [-0.1, -0.05) is 29.8 Å². The zero-order chi connectivity index (χ0) is 18.9. The zero-order valence-corrected chi connectivity index (χ0v) is 16.3. The van der Waals surface area contributed by atoms with E-state index in [-0.39, 0.29) is 0 Å². The molecule has 4 aromatic heterocycles. The van der Waals surface area contributed by atoms with Crippen LogP contribution in [0.15, 0.2) is 60.4 Å². The van der Waals surface area contributed by atoms with Gasteiger partial charge in [0.05, 0.1) is 5.39 Å². The van der Waals surface area contributed by atoms with Crippen LogP contribution in [0.25, 0.3) is 27.0 Å². The van der Waals surface area contributed by atoms with Crippen molar-refractivity contribution in [3.63, 3.8) is 0 Å². The van der Waals surface area contributed by atoms with E-state index < -0.39 is 0 Å². The summed E-state index contributed by atoms with van der Waals surface area (Å²) in [5.74, 6) is 1.74. The summed E-state index contributed by atoms with van der Waals surface area (Å²) in [6.07, 6.45) is 4.31. The number of hydrogen-bond donors (Lipinski definition) is 1. The summed E-state index contributed by atoms with van der Waals surface area (Å²) < 4.78 is 2.00. The van der Waals surface area contributed by atoms with Gasteiger partial charge in [-0.15, -0.1) is 21.5 Å². The molecule has 0 aliphatic carbocycles. The molecule has 0 aliphatic rings. The molecule has 28 heavy (non-hydrogen) atoms. The summed E-state index contributed by atoms with van der Waals surface area (Å²) in [6, 6.07) is 13.7. The monoisotopic (exact) mass is 406 g/mol. The molecular weight excluding hydrogens is 392 g/mol. The predicted octanol–water partition coefficient (Wildman–Crippen LogP) is 4.71. The molecule has 0 spiro atoms. The van der Waals surface area contributed by atoms with E-state index in [4.69, 9.17) is 11.6 Å². The Bertz CT molecular complexity index is 1260. The minimum absolute atomic E-state index is 0.692. The first kappa shape index (κ1) is 17.1. The van der Waals surface area contributed by atoms with Gasteiger partial charge in [-0.05, 0) is 29.8 Å². The largest absolute Gasteiger partial charge is 0.369 e. The van der Waals surface area contributed by atoms with E-state index in [9.17, 15) is 0 Å². The van der Waals surface area contributed by atoms with E-state index in [0.717, 1.165) is 50.1 Å². The molecule has 0 aliphatic heterocycles. The topological polar surface area (TPSA) is 68.0 Å². The summed E-state index contributed by atoms with van der Waals surface area (Å²) in [6.45, 7) is 0.692. The van der Waals surface area contributed by atoms with Gasteiger partial charge in [0.25, 0.3) is 0 Å². The lowest BCUT2D eigenvalue weighted by Crippen LogP contribution is -2.09. The van der Waals surface area contributed by atoms with Gasteiger partial charge in [-0.25, -0.2) is 9.97 Å². The van der Waals surface area contributed by atoms with Crippen molar-refractivity contribution in [2.45, 2.75) is 6.42 Å². The molecule has 0 atom stereocenters. The van der Waals surface area contributed by atoms with Crippen LogP contribution in [0.3, 0.4) is 0 Å². The van der Waals surface area contributed by atoms with E-state index in [1.165, 1.54) is 0 Å². The number of fused-ring (bicyclic) bond motifs is 2. The molecule has 138 valence electrons. The second kappa shape index (κ2) is 7.18. The van der Waals surface area contributed by atoms with Crippen LogP contribution in [-0.2, 0) is 6.42 Å². The van der Waals surface area contributed by atoms with Crippen molar-refractivity contribution in [1.82, 2.24) is 24.6 Å². The van der Waals surface area contributed by atoms with Crippen LogP contribution in [0.2, 0.25) is 5.02 Å². The van der Waals surface area contributed by atoms with Crippen molar-refractivity contribution < 1.29 is 0 Å². The van der Waals surface area contributed by atoms with Gasteiger partial charge in [-0.2, -0.15) is 0 Å². The maximum absolute atomic E-state index is 6.03. The van der Waals surface area contributed by atoms with Crippen molar-refractivity contribution in [3.8, 4) is 11.1 Å². The Kier molecular flexibility index (Phi) is 4.38. The summed E-state index contributed by atoms with van der Waals surface area (Å²) in [7, 11) is 0. The number of anilines is 1. The van der Waals surface area contributed by atoms with Gasteiger partial charge in [-0.3, -0.25) is 4.40 Å². The molecule has 5 aromatic rings. The molecule has 0 unspecified atom stereocenters. The van der Waals surface area contributed by atoms with Crippen molar-refractivity contribution in [1.29, 1.82) is 0 Å². The Morgan fingerprint density at radius 2 is 1.93 bits per heavy atom. The fourth-order valence-corrected chi connectivity index (χ4v) is 4.25. The summed E-state index contributed by atoms with van der Waals surface area (Å²) in [5, 5.41) is 15.8.